The number of nitrogens with one attached hydrogen (secondary N) is 1. The second kappa shape index (κ2) is 9.80. The van der Waals surface area contributed by atoms with Gasteiger partial charge in [0.15, 0.2) is 0 Å². The topological polar surface area (TPSA) is 46.5 Å². The molecule has 1 atom stereocenters. The molecule has 3 aromatic rings. The number of rotatable bonds is 7. The minimum atomic E-state index is -0.389. The fraction of sp³-hybridized carbons (Fsp3) is 0.370. The van der Waals surface area contributed by atoms with E-state index in [-0.39, 0.29) is 11.7 Å². The molecule has 0 saturated carbocycles. The normalized spacial score (nSPS) is 17.2. The van der Waals surface area contributed by atoms with Gasteiger partial charge in [0.1, 0.15) is 18.2 Å². The SMILES string of the molecule is CN1CCCC1CCNC(=O)CCc1cc2c(n1-c1ccc(F)cc1Cl)-c1ccccc1CO2. The van der Waals surface area contributed by atoms with Gasteiger partial charge in [-0.15, -0.1) is 0 Å². The van der Waals surface area contributed by atoms with Crippen LogP contribution in [0.15, 0.2) is 48.5 Å². The third kappa shape index (κ3) is 4.57. The molecule has 1 N–H and O–H groups in total. The van der Waals surface area contributed by atoms with Crippen LogP contribution >= 0.6 is 11.6 Å². The van der Waals surface area contributed by atoms with E-state index in [1.807, 2.05) is 28.8 Å². The highest BCUT2D eigenvalue weighted by atomic mass is 35.5. The highest BCUT2D eigenvalue weighted by molar-refractivity contribution is 6.32. The van der Waals surface area contributed by atoms with Crippen LogP contribution in [-0.4, -0.2) is 41.6 Å². The first-order valence-electron chi connectivity index (χ1n) is 11.9. The van der Waals surface area contributed by atoms with E-state index in [4.69, 9.17) is 16.3 Å². The van der Waals surface area contributed by atoms with Gasteiger partial charge < -0.3 is 19.5 Å². The zero-order valence-corrected chi connectivity index (χ0v) is 20.1. The van der Waals surface area contributed by atoms with Crippen LogP contribution in [0.25, 0.3) is 16.9 Å². The van der Waals surface area contributed by atoms with Gasteiger partial charge in [-0.2, -0.15) is 0 Å². The highest BCUT2D eigenvalue weighted by Gasteiger charge is 2.26. The van der Waals surface area contributed by atoms with Crippen LogP contribution in [-0.2, 0) is 17.8 Å². The summed E-state index contributed by atoms with van der Waals surface area (Å²) >= 11 is 6.48. The maximum absolute atomic E-state index is 13.8. The van der Waals surface area contributed by atoms with E-state index in [2.05, 4.69) is 23.3 Å². The molecule has 1 unspecified atom stereocenters. The number of halogens is 2. The first kappa shape index (κ1) is 22.9. The van der Waals surface area contributed by atoms with Crippen molar-refractivity contribution in [3.63, 3.8) is 0 Å². The zero-order chi connectivity index (χ0) is 23.7. The lowest BCUT2D eigenvalue weighted by atomic mass is 10.0. The number of aryl methyl sites for hydroxylation is 1. The molecule has 3 heterocycles. The smallest absolute Gasteiger partial charge is 0.220 e. The van der Waals surface area contributed by atoms with E-state index in [1.54, 1.807) is 6.07 Å². The van der Waals surface area contributed by atoms with Crippen LogP contribution in [0.1, 0.15) is 36.9 Å². The standard InChI is InChI=1S/C27H29ClFN3O2/c1-31-14-4-6-20(31)12-13-30-26(33)11-9-21-16-25-27(22-7-3-2-5-18(22)17-34-25)32(21)24-10-8-19(29)15-23(24)28/h2-3,5,7-8,10,15-16,20H,4,6,9,11-14,17H2,1H3,(H,30,33). The van der Waals surface area contributed by atoms with Crippen LogP contribution in [0.2, 0.25) is 5.02 Å². The summed E-state index contributed by atoms with van der Waals surface area (Å²) in [6, 6.07) is 15.0. The predicted molar refractivity (Wildman–Crippen MR) is 132 cm³/mol. The Morgan fingerprint density at radius 2 is 2.09 bits per heavy atom. The predicted octanol–water partition coefficient (Wildman–Crippen LogP) is 5.36. The second-order valence-corrected chi connectivity index (χ2v) is 9.55. The van der Waals surface area contributed by atoms with Gasteiger partial charge in [-0.3, -0.25) is 4.79 Å². The fourth-order valence-electron chi connectivity index (χ4n) is 5.11. The quantitative estimate of drug-likeness (QED) is 0.494. The van der Waals surface area contributed by atoms with Crippen LogP contribution in [0.3, 0.4) is 0 Å². The molecular weight excluding hydrogens is 453 g/mol. The molecule has 7 heteroatoms. The van der Waals surface area contributed by atoms with Crippen LogP contribution < -0.4 is 10.1 Å². The number of likely N-dealkylation sites (tertiary alicyclic amines) is 1. The van der Waals surface area contributed by atoms with Crippen molar-refractivity contribution in [2.24, 2.45) is 0 Å². The summed E-state index contributed by atoms with van der Waals surface area (Å²) in [6.45, 7) is 2.31. The molecule has 0 aliphatic carbocycles. The average molecular weight is 482 g/mol. The summed E-state index contributed by atoms with van der Waals surface area (Å²) in [5.74, 6) is 0.386. The zero-order valence-electron chi connectivity index (χ0n) is 19.3. The van der Waals surface area contributed by atoms with Gasteiger partial charge in [0.25, 0.3) is 0 Å². The van der Waals surface area contributed by atoms with Crippen LogP contribution in [0.4, 0.5) is 4.39 Å². The van der Waals surface area contributed by atoms with Crippen molar-refractivity contribution in [3.05, 3.63) is 70.6 Å². The Morgan fingerprint density at radius 1 is 1.24 bits per heavy atom. The summed E-state index contributed by atoms with van der Waals surface area (Å²) < 4.78 is 21.9. The molecule has 0 radical (unpaired) electrons. The first-order chi connectivity index (χ1) is 16.5. The Bertz CT molecular complexity index is 1210. The first-order valence-corrected chi connectivity index (χ1v) is 12.3. The van der Waals surface area contributed by atoms with E-state index >= 15 is 0 Å². The lowest BCUT2D eigenvalue weighted by Gasteiger charge is -2.21. The number of carbonyl (C=O) groups excluding carboxylic acids is 1. The largest absolute Gasteiger partial charge is 0.487 e. The molecule has 5 rings (SSSR count). The third-order valence-electron chi connectivity index (χ3n) is 6.93. The minimum Gasteiger partial charge on any atom is -0.487 e. The Morgan fingerprint density at radius 3 is 2.88 bits per heavy atom. The summed E-state index contributed by atoms with van der Waals surface area (Å²) in [5, 5.41) is 3.39. The number of hydrogen-bond acceptors (Lipinski definition) is 3. The lowest BCUT2D eigenvalue weighted by Crippen LogP contribution is -2.31. The fourth-order valence-corrected chi connectivity index (χ4v) is 5.36. The number of ether oxygens (including phenoxy) is 1. The van der Waals surface area contributed by atoms with Crippen molar-refractivity contribution in [2.45, 2.75) is 44.8 Å². The maximum Gasteiger partial charge on any atom is 0.220 e. The summed E-state index contributed by atoms with van der Waals surface area (Å²) in [6.07, 6.45) is 4.27. The molecule has 1 fully saturated rings. The van der Waals surface area contributed by atoms with Crippen LogP contribution in [0, 0.1) is 5.82 Å². The molecule has 1 saturated heterocycles. The number of hydrogen-bond donors (Lipinski definition) is 1. The molecule has 5 nitrogen and oxygen atoms in total. The van der Waals surface area contributed by atoms with Gasteiger partial charge in [0.05, 0.1) is 16.4 Å². The van der Waals surface area contributed by atoms with E-state index in [9.17, 15) is 9.18 Å². The van der Waals surface area contributed by atoms with E-state index in [0.29, 0.717) is 42.7 Å². The second-order valence-electron chi connectivity index (χ2n) is 9.14. The van der Waals surface area contributed by atoms with Crippen molar-refractivity contribution < 1.29 is 13.9 Å². The van der Waals surface area contributed by atoms with Crippen molar-refractivity contribution in [1.29, 1.82) is 0 Å². The van der Waals surface area contributed by atoms with Crippen molar-refractivity contribution in [2.75, 3.05) is 20.1 Å². The van der Waals surface area contributed by atoms with Gasteiger partial charge in [-0.25, -0.2) is 4.39 Å². The molecule has 34 heavy (non-hydrogen) atoms. The monoisotopic (exact) mass is 481 g/mol. The molecule has 1 amide bonds. The van der Waals surface area contributed by atoms with Gasteiger partial charge in [0.2, 0.25) is 5.91 Å². The molecule has 0 bridgehead atoms. The Labute approximate surface area is 204 Å². The maximum atomic E-state index is 13.8. The van der Waals surface area contributed by atoms with Gasteiger partial charge in [-0.1, -0.05) is 35.9 Å². The molecular formula is C27H29ClFN3O2. The number of carbonyl (C=O) groups is 1. The molecule has 0 spiro atoms. The minimum absolute atomic E-state index is 0.0258. The Kier molecular flexibility index (Phi) is 6.61. The summed E-state index contributed by atoms with van der Waals surface area (Å²) in [4.78, 5) is 15.0. The van der Waals surface area contributed by atoms with E-state index < -0.39 is 0 Å². The summed E-state index contributed by atoms with van der Waals surface area (Å²) in [7, 11) is 2.15. The molecule has 178 valence electrons. The number of benzene rings is 2. The molecule has 2 aliphatic heterocycles. The lowest BCUT2D eigenvalue weighted by molar-refractivity contribution is -0.121. The Balaban J connectivity index is 1.38. The van der Waals surface area contributed by atoms with Crippen molar-refractivity contribution >= 4 is 17.5 Å². The van der Waals surface area contributed by atoms with E-state index in [0.717, 1.165) is 41.2 Å². The van der Waals surface area contributed by atoms with Crippen molar-refractivity contribution in [3.8, 4) is 22.7 Å². The number of nitrogens with zero attached hydrogens (tertiary/aromatic N) is 2. The summed E-state index contributed by atoms with van der Waals surface area (Å²) in [5.41, 5.74) is 4.59. The number of fused-ring (bicyclic) bond motifs is 3. The molecule has 2 aliphatic rings. The van der Waals surface area contributed by atoms with Gasteiger partial charge >= 0.3 is 0 Å². The highest BCUT2D eigenvalue weighted by Crippen LogP contribution is 2.43. The van der Waals surface area contributed by atoms with Gasteiger partial charge in [-0.05, 0) is 63.0 Å². The average Bonchev–Trinajstić information content (AvgIpc) is 3.41. The third-order valence-corrected chi connectivity index (χ3v) is 7.23. The van der Waals surface area contributed by atoms with E-state index in [1.165, 1.54) is 25.0 Å². The number of aromatic nitrogens is 1. The molecule has 1 aromatic heterocycles. The van der Waals surface area contributed by atoms with Gasteiger partial charge in [0, 0.05) is 36.3 Å². The Hall–Kier alpha value is -2.83. The number of amides is 1. The van der Waals surface area contributed by atoms with Crippen LogP contribution in [0.5, 0.6) is 5.75 Å². The van der Waals surface area contributed by atoms with Crippen molar-refractivity contribution in [1.82, 2.24) is 14.8 Å². The molecule has 2 aromatic carbocycles.